The number of para-hydroxylation sites is 2. The average Bonchev–Trinajstić information content (AvgIpc) is 2.58. The molecule has 0 spiro atoms. The first-order chi connectivity index (χ1) is 11.3. The third kappa shape index (κ3) is 4.34. The van der Waals surface area contributed by atoms with E-state index in [0.29, 0.717) is 18.6 Å². The molecule has 3 rings (SSSR count). The Bertz CT molecular complexity index is 626. The first-order valence-electron chi connectivity index (χ1n) is 8.43. The lowest BCUT2D eigenvalue weighted by molar-refractivity contribution is 0.342. The van der Waals surface area contributed by atoms with Gasteiger partial charge in [-0.05, 0) is 38.0 Å². The molecule has 1 aromatic heterocycles. The van der Waals surface area contributed by atoms with E-state index in [0.717, 1.165) is 17.3 Å². The molecule has 0 unspecified atom stereocenters. The maximum atomic E-state index is 5.63. The molecule has 0 saturated heterocycles. The van der Waals surface area contributed by atoms with E-state index in [1.807, 2.05) is 37.3 Å². The molecule has 0 aliphatic heterocycles. The van der Waals surface area contributed by atoms with Crippen LogP contribution in [-0.2, 0) is 0 Å². The smallest absolute Gasteiger partial charge is 0.229 e. The highest BCUT2D eigenvalue weighted by Crippen LogP contribution is 2.26. The summed E-state index contributed by atoms with van der Waals surface area (Å²) in [5, 5.41) is 6.77. The van der Waals surface area contributed by atoms with Crippen LogP contribution >= 0.6 is 0 Å². The minimum Gasteiger partial charge on any atom is -0.492 e. The number of hydrogen-bond acceptors (Lipinski definition) is 5. The van der Waals surface area contributed by atoms with Gasteiger partial charge in [0.1, 0.15) is 11.6 Å². The molecular formula is C18H24N4O. The number of anilines is 3. The van der Waals surface area contributed by atoms with Gasteiger partial charge in [-0.3, -0.25) is 0 Å². The molecule has 0 radical (unpaired) electrons. The van der Waals surface area contributed by atoms with Crippen molar-refractivity contribution in [2.75, 3.05) is 17.2 Å². The van der Waals surface area contributed by atoms with Crippen molar-refractivity contribution in [1.82, 2.24) is 9.97 Å². The quantitative estimate of drug-likeness (QED) is 0.829. The molecule has 0 atom stereocenters. The molecule has 1 fully saturated rings. The monoisotopic (exact) mass is 312 g/mol. The van der Waals surface area contributed by atoms with Crippen LogP contribution in [0.2, 0.25) is 0 Å². The molecule has 2 aromatic rings. The zero-order chi connectivity index (χ0) is 15.9. The van der Waals surface area contributed by atoms with Crippen molar-refractivity contribution in [3.8, 4) is 5.75 Å². The third-order valence-electron chi connectivity index (χ3n) is 4.05. The highest BCUT2D eigenvalue weighted by Gasteiger charge is 2.14. The van der Waals surface area contributed by atoms with E-state index >= 15 is 0 Å². The van der Waals surface area contributed by atoms with Crippen LogP contribution in [0.5, 0.6) is 5.75 Å². The van der Waals surface area contributed by atoms with Crippen LogP contribution in [0.15, 0.2) is 36.5 Å². The molecule has 1 aliphatic carbocycles. The first kappa shape index (κ1) is 15.6. The number of ether oxygens (including phenoxy) is 1. The molecule has 5 heteroatoms. The Morgan fingerprint density at radius 2 is 1.96 bits per heavy atom. The van der Waals surface area contributed by atoms with Crippen LogP contribution in [0.25, 0.3) is 0 Å². The van der Waals surface area contributed by atoms with E-state index in [2.05, 4.69) is 20.6 Å². The number of nitrogens with zero attached hydrogens (tertiary/aromatic N) is 2. The van der Waals surface area contributed by atoms with Gasteiger partial charge in [-0.25, -0.2) is 4.98 Å². The third-order valence-corrected chi connectivity index (χ3v) is 4.05. The van der Waals surface area contributed by atoms with E-state index in [4.69, 9.17) is 4.74 Å². The van der Waals surface area contributed by atoms with Gasteiger partial charge in [0.15, 0.2) is 0 Å². The summed E-state index contributed by atoms with van der Waals surface area (Å²) in [5.41, 5.74) is 0.879. The van der Waals surface area contributed by atoms with Gasteiger partial charge >= 0.3 is 0 Å². The van der Waals surface area contributed by atoms with E-state index < -0.39 is 0 Å². The van der Waals surface area contributed by atoms with E-state index in [1.165, 1.54) is 32.1 Å². The van der Waals surface area contributed by atoms with Gasteiger partial charge in [0.05, 0.1) is 12.3 Å². The molecular weight excluding hydrogens is 288 g/mol. The van der Waals surface area contributed by atoms with Gasteiger partial charge in [-0.15, -0.1) is 0 Å². The molecule has 2 N–H and O–H groups in total. The van der Waals surface area contributed by atoms with E-state index in [1.54, 1.807) is 6.20 Å². The molecule has 122 valence electrons. The molecule has 0 amide bonds. The molecule has 1 heterocycles. The van der Waals surface area contributed by atoms with Gasteiger partial charge in [-0.2, -0.15) is 4.98 Å². The molecule has 1 saturated carbocycles. The zero-order valence-electron chi connectivity index (χ0n) is 13.6. The van der Waals surface area contributed by atoms with Crippen molar-refractivity contribution in [2.24, 2.45) is 0 Å². The highest BCUT2D eigenvalue weighted by atomic mass is 16.5. The predicted octanol–water partition coefficient (Wildman–Crippen LogP) is 4.36. The predicted molar refractivity (Wildman–Crippen MR) is 93.4 cm³/mol. The van der Waals surface area contributed by atoms with Crippen molar-refractivity contribution < 1.29 is 4.74 Å². The van der Waals surface area contributed by atoms with Gasteiger partial charge in [0.2, 0.25) is 5.95 Å². The number of aromatic nitrogens is 2. The Kier molecular flexibility index (Phi) is 5.29. The lowest BCUT2D eigenvalue weighted by Gasteiger charge is -2.23. The number of rotatable bonds is 6. The van der Waals surface area contributed by atoms with Crippen molar-refractivity contribution in [2.45, 2.75) is 45.1 Å². The summed E-state index contributed by atoms with van der Waals surface area (Å²) in [5.74, 6) is 2.27. The second kappa shape index (κ2) is 7.81. The summed E-state index contributed by atoms with van der Waals surface area (Å²) in [6.07, 6.45) is 8.18. The topological polar surface area (TPSA) is 59.1 Å². The largest absolute Gasteiger partial charge is 0.492 e. The Morgan fingerprint density at radius 1 is 1.13 bits per heavy atom. The summed E-state index contributed by atoms with van der Waals surface area (Å²) in [4.78, 5) is 8.89. The first-order valence-corrected chi connectivity index (χ1v) is 8.43. The summed E-state index contributed by atoms with van der Waals surface area (Å²) in [6.45, 7) is 2.60. The van der Waals surface area contributed by atoms with Crippen LogP contribution in [0, 0.1) is 0 Å². The summed E-state index contributed by atoms with van der Waals surface area (Å²) < 4.78 is 5.63. The maximum absolute atomic E-state index is 5.63. The lowest BCUT2D eigenvalue weighted by Crippen LogP contribution is -2.22. The average molecular weight is 312 g/mol. The van der Waals surface area contributed by atoms with Crippen LogP contribution < -0.4 is 15.4 Å². The van der Waals surface area contributed by atoms with Gasteiger partial charge < -0.3 is 15.4 Å². The van der Waals surface area contributed by atoms with Gasteiger partial charge in [0.25, 0.3) is 0 Å². The van der Waals surface area contributed by atoms with Crippen LogP contribution in [-0.4, -0.2) is 22.6 Å². The van der Waals surface area contributed by atoms with Crippen molar-refractivity contribution >= 4 is 17.5 Å². The SMILES string of the molecule is CCOc1ccccc1Nc1nccc(NC2CCCCC2)n1. The van der Waals surface area contributed by atoms with Crippen LogP contribution in [0.1, 0.15) is 39.0 Å². The molecule has 5 nitrogen and oxygen atoms in total. The molecule has 1 aliphatic rings. The standard InChI is InChI=1S/C18H24N4O/c1-2-23-16-11-7-6-10-15(16)21-18-19-13-12-17(22-18)20-14-8-4-3-5-9-14/h6-7,10-14H,2-5,8-9H2,1H3,(H2,19,20,21,22). The number of nitrogens with one attached hydrogen (secondary N) is 2. The highest BCUT2D eigenvalue weighted by molar-refractivity contribution is 5.62. The van der Waals surface area contributed by atoms with E-state index in [-0.39, 0.29) is 0 Å². The molecule has 23 heavy (non-hydrogen) atoms. The molecule has 0 bridgehead atoms. The zero-order valence-corrected chi connectivity index (χ0v) is 13.6. The van der Waals surface area contributed by atoms with Crippen molar-refractivity contribution in [3.05, 3.63) is 36.5 Å². The lowest BCUT2D eigenvalue weighted by atomic mass is 9.95. The second-order valence-electron chi connectivity index (χ2n) is 5.80. The van der Waals surface area contributed by atoms with E-state index in [9.17, 15) is 0 Å². The normalized spacial score (nSPS) is 15.2. The Labute approximate surface area is 137 Å². The minimum absolute atomic E-state index is 0.530. The van der Waals surface area contributed by atoms with Crippen LogP contribution in [0.3, 0.4) is 0 Å². The fraction of sp³-hybridized carbons (Fsp3) is 0.444. The minimum atomic E-state index is 0.530. The van der Waals surface area contributed by atoms with Crippen molar-refractivity contribution in [3.63, 3.8) is 0 Å². The molecule has 1 aromatic carbocycles. The Balaban J connectivity index is 1.70. The Hall–Kier alpha value is -2.30. The summed E-state index contributed by atoms with van der Waals surface area (Å²) >= 11 is 0. The summed E-state index contributed by atoms with van der Waals surface area (Å²) in [7, 11) is 0. The van der Waals surface area contributed by atoms with Gasteiger partial charge in [0, 0.05) is 12.2 Å². The van der Waals surface area contributed by atoms with Crippen LogP contribution in [0.4, 0.5) is 17.5 Å². The fourth-order valence-electron chi connectivity index (χ4n) is 2.93. The maximum Gasteiger partial charge on any atom is 0.229 e. The number of benzene rings is 1. The van der Waals surface area contributed by atoms with Gasteiger partial charge in [-0.1, -0.05) is 31.4 Å². The fourth-order valence-corrected chi connectivity index (χ4v) is 2.93. The summed E-state index contributed by atoms with van der Waals surface area (Å²) in [6, 6.07) is 10.3. The number of hydrogen-bond donors (Lipinski definition) is 2. The Morgan fingerprint density at radius 3 is 2.78 bits per heavy atom. The van der Waals surface area contributed by atoms with Crippen molar-refractivity contribution in [1.29, 1.82) is 0 Å². The second-order valence-corrected chi connectivity index (χ2v) is 5.80.